The third kappa shape index (κ3) is 3.83. The normalized spacial score (nSPS) is 15.6. The van der Waals surface area contributed by atoms with Crippen molar-refractivity contribution in [2.45, 2.75) is 6.92 Å². The van der Waals surface area contributed by atoms with E-state index in [1.165, 1.54) is 25.1 Å². The predicted molar refractivity (Wildman–Crippen MR) is 99.1 cm³/mol. The van der Waals surface area contributed by atoms with Crippen LogP contribution in [-0.4, -0.2) is 28.5 Å². The van der Waals surface area contributed by atoms with Gasteiger partial charge in [-0.3, -0.25) is 19.3 Å². The van der Waals surface area contributed by atoms with Gasteiger partial charge >= 0.3 is 0 Å². The van der Waals surface area contributed by atoms with E-state index in [0.29, 0.717) is 11.3 Å². The second-order valence-corrected chi connectivity index (χ2v) is 6.59. The number of carbonyl (C=O) groups is 3. The van der Waals surface area contributed by atoms with Crippen molar-refractivity contribution in [3.05, 3.63) is 70.4 Å². The fraction of sp³-hybridized carbons (Fsp3) is 0.105. The monoisotopic (exact) mass is 370 g/mol. The summed E-state index contributed by atoms with van der Waals surface area (Å²) in [5.41, 5.74) is 1.51. The molecule has 1 fully saturated rings. The molecule has 0 saturated carbocycles. The molecule has 2 aromatic carbocycles. The van der Waals surface area contributed by atoms with Gasteiger partial charge in [-0.25, -0.2) is 4.39 Å². The van der Waals surface area contributed by atoms with Gasteiger partial charge in [0.1, 0.15) is 5.82 Å². The van der Waals surface area contributed by atoms with Crippen molar-refractivity contribution < 1.29 is 18.8 Å². The summed E-state index contributed by atoms with van der Waals surface area (Å²) in [6.45, 7) is 1.46. The first-order valence-electron chi connectivity index (χ1n) is 7.80. The number of thioether (sulfide) groups is 1. The molecule has 0 aromatic heterocycles. The van der Waals surface area contributed by atoms with Crippen molar-refractivity contribution in [1.29, 1.82) is 0 Å². The van der Waals surface area contributed by atoms with Gasteiger partial charge in [0.05, 0.1) is 11.6 Å². The smallest absolute Gasteiger partial charge is 0.295 e. The van der Waals surface area contributed by atoms with E-state index >= 15 is 0 Å². The van der Waals surface area contributed by atoms with Crippen molar-refractivity contribution >= 4 is 40.5 Å². The van der Waals surface area contributed by atoms with E-state index in [0.717, 1.165) is 16.7 Å². The molecule has 1 aliphatic heterocycles. The number of Topliss-reactive ketones (excluding diaryl/α,β-unsaturated/α-hetero) is 1. The summed E-state index contributed by atoms with van der Waals surface area (Å²) in [6, 6.07) is 12.8. The molecule has 3 rings (SSSR count). The highest BCUT2D eigenvalue weighted by Crippen LogP contribution is 2.32. The number of rotatable bonds is 5. The second kappa shape index (κ2) is 7.53. The van der Waals surface area contributed by atoms with Gasteiger partial charge in [0, 0.05) is 16.8 Å². The van der Waals surface area contributed by atoms with Gasteiger partial charge < -0.3 is 5.32 Å². The maximum absolute atomic E-state index is 13.7. The Labute approximate surface area is 153 Å². The van der Waals surface area contributed by atoms with E-state index in [-0.39, 0.29) is 22.9 Å². The first-order chi connectivity index (χ1) is 12.5. The average molecular weight is 370 g/mol. The molecule has 2 amide bonds. The summed E-state index contributed by atoms with van der Waals surface area (Å²) in [5, 5.41) is 2.54. The largest absolute Gasteiger partial charge is 0.367 e. The lowest BCUT2D eigenvalue weighted by Crippen LogP contribution is -2.33. The van der Waals surface area contributed by atoms with E-state index < -0.39 is 17.0 Å². The molecule has 2 aromatic rings. The first kappa shape index (κ1) is 17.9. The van der Waals surface area contributed by atoms with Crippen LogP contribution in [-0.2, 0) is 4.79 Å². The fourth-order valence-electron chi connectivity index (χ4n) is 2.36. The molecule has 0 unspecified atom stereocenters. The van der Waals surface area contributed by atoms with E-state index in [2.05, 4.69) is 5.32 Å². The highest BCUT2D eigenvalue weighted by atomic mass is 32.2. The molecule has 0 atom stereocenters. The number of carbonyl (C=O) groups excluding carboxylic acids is 3. The van der Waals surface area contributed by atoms with Crippen LogP contribution in [0.15, 0.2) is 53.4 Å². The van der Waals surface area contributed by atoms with Crippen molar-refractivity contribution in [2.24, 2.45) is 0 Å². The van der Waals surface area contributed by atoms with Gasteiger partial charge in [-0.1, -0.05) is 18.2 Å². The van der Waals surface area contributed by atoms with Gasteiger partial charge in [-0.15, -0.1) is 0 Å². The fourth-order valence-corrected chi connectivity index (χ4v) is 3.19. The summed E-state index contributed by atoms with van der Waals surface area (Å²) in [6.07, 6.45) is 1.38. The number of hydrogen-bond acceptors (Lipinski definition) is 5. The molecule has 1 aliphatic rings. The van der Waals surface area contributed by atoms with Crippen LogP contribution in [0.4, 0.5) is 14.9 Å². The van der Waals surface area contributed by atoms with Gasteiger partial charge in [0.2, 0.25) is 0 Å². The van der Waals surface area contributed by atoms with Crippen molar-refractivity contribution in [3.63, 3.8) is 0 Å². The Hall–Kier alpha value is -2.93. The molecule has 1 N–H and O–H groups in total. The van der Waals surface area contributed by atoms with E-state index in [4.69, 9.17) is 0 Å². The average Bonchev–Trinajstić information content (AvgIpc) is 2.89. The zero-order valence-electron chi connectivity index (χ0n) is 13.9. The van der Waals surface area contributed by atoms with Crippen LogP contribution < -0.4 is 5.32 Å². The van der Waals surface area contributed by atoms with Gasteiger partial charge in [0.25, 0.3) is 11.1 Å². The minimum absolute atomic E-state index is 0.0152. The van der Waals surface area contributed by atoms with Gasteiger partial charge in [0.15, 0.2) is 5.78 Å². The van der Waals surface area contributed by atoms with E-state index in [1.54, 1.807) is 36.4 Å². The molecule has 0 spiro atoms. The third-order valence-electron chi connectivity index (χ3n) is 3.80. The summed E-state index contributed by atoms with van der Waals surface area (Å²) >= 11 is 0.774. The summed E-state index contributed by atoms with van der Waals surface area (Å²) in [5.74, 6) is -0.972. The lowest BCUT2D eigenvalue weighted by atomic mass is 10.1. The topological polar surface area (TPSA) is 66.5 Å². The molecular formula is C19H15FN2O3S. The van der Waals surface area contributed by atoms with Crippen LogP contribution in [0.25, 0.3) is 6.08 Å². The maximum Gasteiger partial charge on any atom is 0.295 e. The molecule has 26 heavy (non-hydrogen) atoms. The number of imide groups is 1. The Bertz CT molecular complexity index is 909. The molecule has 1 heterocycles. The lowest BCUT2D eigenvalue weighted by Gasteiger charge is -2.14. The Balaban J connectivity index is 1.69. The maximum atomic E-state index is 13.7. The SMILES string of the molecule is CC(=O)c1ccc(NCN2C(=O)S/C(=C\c3ccccc3F)C2=O)cc1. The highest BCUT2D eigenvalue weighted by Gasteiger charge is 2.34. The van der Waals surface area contributed by atoms with Crippen LogP contribution in [0.2, 0.25) is 0 Å². The molecule has 5 nitrogen and oxygen atoms in total. The Kier molecular flexibility index (Phi) is 5.18. The zero-order valence-corrected chi connectivity index (χ0v) is 14.7. The van der Waals surface area contributed by atoms with E-state index in [9.17, 15) is 18.8 Å². The number of anilines is 1. The number of benzene rings is 2. The summed E-state index contributed by atoms with van der Waals surface area (Å²) in [7, 11) is 0. The Morgan fingerprint density at radius 3 is 2.50 bits per heavy atom. The highest BCUT2D eigenvalue weighted by molar-refractivity contribution is 8.18. The minimum atomic E-state index is -0.476. The predicted octanol–water partition coefficient (Wildman–Crippen LogP) is 4.13. The molecule has 0 aliphatic carbocycles. The quantitative estimate of drug-likeness (QED) is 0.633. The van der Waals surface area contributed by atoms with Crippen LogP contribution in [0.5, 0.6) is 0 Å². The standard InChI is InChI=1S/C19H15FN2O3S/c1-12(23)13-6-8-15(9-7-13)21-11-22-18(24)17(26-19(22)25)10-14-4-2-3-5-16(14)20/h2-10,21H,11H2,1H3/b17-10-. The second-order valence-electron chi connectivity index (χ2n) is 5.60. The van der Waals surface area contributed by atoms with Crippen LogP contribution in [0, 0.1) is 5.82 Å². The number of nitrogens with one attached hydrogen (secondary N) is 1. The summed E-state index contributed by atoms with van der Waals surface area (Å²) in [4.78, 5) is 37.0. The molecule has 132 valence electrons. The van der Waals surface area contributed by atoms with Crippen LogP contribution >= 0.6 is 11.8 Å². The number of ketones is 1. The molecule has 7 heteroatoms. The van der Waals surface area contributed by atoms with Crippen LogP contribution in [0.1, 0.15) is 22.8 Å². The van der Waals surface area contributed by atoms with Crippen molar-refractivity contribution in [2.75, 3.05) is 12.0 Å². The third-order valence-corrected chi connectivity index (χ3v) is 4.71. The number of nitrogens with zero attached hydrogens (tertiary/aromatic N) is 1. The molecule has 0 radical (unpaired) electrons. The van der Waals surface area contributed by atoms with Gasteiger partial charge in [-0.2, -0.15) is 0 Å². The summed E-state index contributed by atoms with van der Waals surface area (Å²) < 4.78 is 13.7. The number of hydrogen-bond donors (Lipinski definition) is 1. The Morgan fingerprint density at radius 1 is 1.15 bits per heavy atom. The molecule has 0 bridgehead atoms. The minimum Gasteiger partial charge on any atom is -0.367 e. The van der Waals surface area contributed by atoms with Crippen molar-refractivity contribution in [1.82, 2.24) is 4.90 Å². The molecule has 1 saturated heterocycles. The molecular weight excluding hydrogens is 355 g/mol. The van der Waals surface area contributed by atoms with Crippen molar-refractivity contribution in [3.8, 4) is 0 Å². The van der Waals surface area contributed by atoms with Gasteiger partial charge in [-0.05, 0) is 55.1 Å². The number of halogens is 1. The lowest BCUT2D eigenvalue weighted by molar-refractivity contribution is -0.122. The van der Waals surface area contributed by atoms with E-state index in [1.807, 2.05) is 0 Å². The Morgan fingerprint density at radius 2 is 1.85 bits per heavy atom. The first-order valence-corrected chi connectivity index (χ1v) is 8.62. The number of amides is 2. The van der Waals surface area contributed by atoms with Crippen LogP contribution in [0.3, 0.4) is 0 Å². The zero-order chi connectivity index (χ0) is 18.7.